The standard InChI is InChI=1S/C15H15ClN2O2S/c1-11(12-5-7-13(16)8-6-12)17-14(19)10-21-15-4-2-3-9-18(15)20/h2-9,11H,10H2,1H3,(H,17,19). The third kappa shape index (κ3) is 4.65. The van der Waals surface area contributed by atoms with E-state index >= 15 is 0 Å². The number of amides is 1. The Morgan fingerprint density at radius 3 is 2.71 bits per heavy atom. The number of halogens is 1. The molecule has 0 saturated heterocycles. The summed E-state index contributed by atoms with van der Waals surface area (Å²) in [6.45, 7) is 1.90. The van der Waals surface area contributed by atoms with Crippen molar-refractivity contribution in [3.63, 3.8) is 0 Å². The van der Waals surface area contributed by atoms with Gasteiger partial charge < -0.3 is 10.5 Å². The van der Waals surface area contributed by atoms with Crippen molar-refractivity contribution >= 4 is 29.3 Å². The molecule has 1 amide bonds. The van der Waals surface area contributed by atoms with Gasteiger partial charge in [0.1, 0.15) is 0 Å². The molecule has 6 heteroatoms. The number of nitrogens with zero attached hydrogens (tertiary/aromatic N) is 1. The molecule has 1 atom stereocenters. The van der Waals surface area contributed by atoms with E-state index < -0.39 is 0 Å². The SMILES string of the molecule is CC(NC(=O)CSc1cccc[n+]1[O-])c1ccc(Cl)cc1. The van der Waals surface area contributed by atoms with E-state index in [4.69, 9.17) is 11.6 Å². The molecule has 1 unspecified atom stereocenters. The van der Waals surface area contributed by atoms with Crippen LogP contribution >= 0.6 is 23.4 Å². The summed E-state index contributed by atoms with van der Waals surface area (Å²) < 4.78 is 0.751. The monoisotopic (exact) mass is 322 g/mol. The summed E-state index contributed by atoms with van der Waals surface area (Å²) in [6, 6.07) is 12.3. The van der Waals surface area contributed by atoms with Gasteiger partial charge in [0, 0.05) is 17.2 Å². The van der Waals surface area contributed by atoms with Gasteiger partial charge in [0.05, 0.1) is 11.8 Å². The summed E-state index contributed by atoms with van der Waals surface area (Å²) in [4.78, 5) is 11.9. The Morgan fingerprint density at radius 1 is 1.33 bits per heavy atom. The van der Waals surface area contributed by atoms with Gasteiger partial charge in [-0.1, -0.05) is 23.7 Å². The van der Waals surface area contributed by atoms with E-state index in [1.54, 1.807) is 30.3 Å². The highest BCUT2D eigenvalue weighted by Crippen LogP contribution is 2.17. The number of carbonyl (C=O) groups excluding carboxylic acids is 1. The van der Waals surface area contributed by atoms with Gasteiger partial charge in [0.2, 0.25) is 5.91 Å². The van der Waals surface area contributed by atoms with Crippen LogP contribution in [0.15, 0.2) is 53.7 Å². The Morgan fingerprint density at radius 2 is 2.05 bits per heavy atom. The molecule has 110 valence electrons. The fourth-order valence-corrected chi connectivity index (χ4v) is 2.63. The molecule has 1 aromatic heterocycles. The van der Waals surface area contributed by atoms with Gasteiger partial charge in [-0.15, -0.1) is 0 Å². The molecule has 1 N–H and O–H groups in total. The van der Waals surface area contributed by atoms with Crippen LogP contribution in [0.25, 0.3) is 0 Å². The average molecular weight is 323 g/mol. The molecule has 0 saturated carbocycles. The molecule has 0 aliphatic heterocycles. The molecular formula is C15H15ClN2O2S. The summed E-state index contributed by atoms with van der Waals surface area (Å²) in [7, 11) is 0. The number of nitrogens with one attached hydrogen (secondary N) is 1. The van der Waals surface area contributed by atoms with Crippen LogP contribution in [-0.2, 0) is 4.79 Å². The summed E-state index contributed by atoms with van der Waals surface area (Å²) in [5.74, 6) is 0.0794. The van der Waals surface area contributed by atoms with E-state index in [0.29, 0.717) is 10.0 Å². The molecule has 0 aliphatic carbocycles. The average Bonchev–Trinajstić information content (AvgIpc) is 2.47. The van der Waals surface area contributed by atoms with Crippen molar-refractivity contribution in [1.29, 1.82) is 0 Å². The minimum atomic E-state index is -0.119. The van der Waals surface area contributed by atoms with E-state index in [1.165, 1.54) is 18.0 Å². The summed E-state index contributed by atoms with van der Waals surface area (Å²) in [5, 5.41) is 15.5. The lowest BCUT2D eigenvalue weighted by Crippen LogP contribution is -2.31. The van der Waals surface area contributed by atoms with E-state index in [9.17, 15) is 10.0 Å². The van der Waals surface area contributed by atoms with Crippen LogP contribution in [0.2, 0.25) is 5.02 Å². The predicted octanol–water partition coefficient (Wildman–Crippen LogP) is 2.94. The van der Waals surface area contributed by atoms with Crippen molar-refractivity contribution < 1.29 is 9.52 Å². The highest BCUT2D eigenvalue weighted by atomic mass is 35.5. The maximum atomic E-state index is 11.9. The molecule has 0 spiro atoms. The van der Waals surface area contributed by atoms with Crippen LogP contribution in [0.5, 0.6) is 0 Å². The molecule has 0 radical (unpaired) electrons. The van der Waals surface area contributed by atoms with Crippen molar-refractivity contribution in [2.45, 2.75) is 18.0 Å². The Balaban J connectivity index is 1.87. The lowest BCUT2D eigenvalue weighted by molar-refractivity contribution is -0.645. The number of hydrogen-bond acceptors (Lipinski definition) is 3. The lowest BCUT2D eigenvalue weighted by atomic mass is 10.1. The van der Waals surface area contributed by atoms with Crippen molar-refractivity contribution in [3.05, 3.63) is 64.5 Å². The summed E-state index contributed by atoms with van der Waals surface area (Å²) in [6.07, 6.45) is 1.41. The zero-order valence-electron chi connectivity index (χ0n) is 11.5. The number of aromatic nitrogens is 1. The lowest BCUT2D eigenvalue weighted by Gasteiger charge is -2.14. The quantitative estimate of drug-likeness (QED) is 0.523. The largest absolute Gasteiger partial charge is 0.618 e. The topological polar surface area (TPSA) is 56.0 Å². The van der Waals surface area contributed by atoms with Crippen LogP contribution in [0, 0.1) is 5.21 Å². The normalized spacial score (nSPS) is 11.9. The van der Waals surface area contributed by atoms with E-state index in [0.717, 1.165) is 10.3 Å². The highest BCUT2D eigenvalue weighted by Gasteiger charge is 2.12. The van der Waals surface area contributed by atoms with E-state index in [2.05, 4.69) is 5.32 Å². The smallest absolute Gasteiger partial charge is 0.251 e. The molecule has 0 fully saturated rings. The number of pyridine rings is 1. The molecular weight excluding hydrogens is 308 g/mol. The first-order chi connectivity index (χ1) is 10.1. The second-order valence-corrected chi connectivity index (χ2v) is 5.93. The second kappa shape index (κ2) is 7.33. The first kappa shape index (κ1) is 15.7. The Labute approximate surface area is 132 Å². The Bertz CT molecular complexity index is 619. The number of hydrogen-bond donors (Lipinski definition) is 1. The van der Waals surface area contributed by atoms with Gasteiger partial charge in [0.15, 0.2) is 6.20 Å². The first-order valence-corrected chi connectivity index (χ1v) is 7.78. The predicted molar refractivity (Wildman–Crippen MR) is 84.1 cm³/mol. The van der Waals surface area contributed by atoms with Crippen molar-refractivity contribution in [1.82, 2.24) is 5.32 Å². The van der Waals surface area contributed by atoms with Crippen LogP contribution < -0.4 is 10.0 Å². The van der Waals surface area contributed by atoms with Gasteiger partial charge in [-0.3, -0.25) is 4.79 Å². The second-order valence-electron chi connectivity index (χ2n) is 4.49. The Hall–Kier alpha value is -1.72. The molecule has 1 aromatic carbocycles. The van der Waals surface area contributed by atoms with Crippen LogP contribution in [0.1, 0.15) is 18.5 Å². The molecule has 2 aromatic rings. The van der Waals surface area contributed by atoms with Crippen LogP contribution in [0.4, 0.5) is 0 Å². The van der Waals surface area contributed by atoms with E-state index in [1.807, 2.05) is 19.1 Å². The molecule has 4 nitrogen and oxygen atoms in total. The fourth-order valence-electron chi connectivity index (χ4n) is 1.78. The van der Waals surface area contributed by atoms with Crippen LogP contribution in [-0.4, -0.2) is 11.7 Å². The Kier molecular flexibility index (Phi) is 5.47. The van der Waals surface area contributed by atoms with Gasteiger partial charge in [-0.2, -0.15) is 4.73 Å². The maximum absolute atomic E-state index is 11.9. The summed E-state index contributed by atoms with van der Waals surface area (Å²) >= 11 is 7.04. The fraction of sp³-hybridized carbons (Fsp3) is 0.200. The third-order valence-corrected chi connectivity index (χ3v) is 4.16. The highest BCUT2D eigenvalue weighted by molar-refractivity contribution is 7.99. The minimum Gasteiger partial charge on any atom is -0.618 e. The minimum absolute atomic E-state index is 0.106. The molecule has 2 rings (SSSR count). The van der Waals surface area contributed by atoms with Crippen molar-refractivity contribution in [3.8, 4) is 0 Å². The summed E-state index contributed by atoms with van der Waals surface area (Å²) in [5.41, 5.74) is 0.983. The molecule has 21 heavy (non-hydrogen) atoms. The van der Waals surface area contributed by atoms with Crippen molar-refractivity contribution in [2.75, 3.05) is 5.75 Å². The molecule has 0 aliphatic rings. The van der Waals surface area contributed by atoms with Crippen LogP contribution in [0.3, 0.4) is 0 Å². The van der Waals surface area contributed by atoms with Crippen molar-refractivity contribution in [2.24, 2.45) is 0 Å². The van der Waals surface area contributed by atoms with Gasteiger partial charge in [-0.25, -0.2) is 0 Å². The zero-order valence-corrected chi connectivity index (χ0v) is 13.0. The number of rotatable bonds is 5. The van der Waals surface area contributed by atoms with Gasteiger partial charge >= 0.3 is 0 Å². The number of thioether (sulfide) groups is 1. The van der Waals surface area contributed by atoms with Gasteiger partial charge in [-0.05, 0) is 42.4 Å². The first-order valence-electron chi connectivity index (χ1n) is 6.42. The zero-order chi connectivity index (χ0) is 15.2. The van der Waals surface area contributed by atoms with E-state index in [-0.39, 0.29) is 17.7 Å². The maximum Gasteiger partial charge on any atom is 0.251 e. The number of carbonyl (C=O) groups is 1. The molecule has 0 bridgehead atoms. The molecule has 1 heterocycles. The number of benzene rings is 1. The van der Waals surface area contributed by atoms with Gasteiger partial charge in [0.25, 0.3) is 5.03 Å². The third-order valence-electron chi connectivity index (χ3n) is 2.89.